The number of rotatable bonds is 3. The van der Waals surface area contributed by atoms with Gasteiger partial charge in [-0.15, -0.1) is 0 Å². The summed E-state index contributed by atoms with van der Waals surface area (Å²) in [7, 11) is 0. The zero-order chi connectivity index (χ0) is 14.9. The van der Waals surface area contributed by atoms with Crippen LogP contribution in [0, 0.1) is 16.0 Å². The minimum absolute atomic E-state index is 0.0573. The molecule has 0 radical (unpaired) electrons. The third kappa shape index (κ3) is 2.74. The van der Waals surface area contributed by atoms with Crippen LogP contribution in [0.2, 0.25) is 0 Å². The maximum atomic E-state index is 11.2. The van der Waals surface area contributed by atoms with Crippen molar-refractivity contribution in [2.45, 2.75) is 32.7 Å². The van der Waals surface area contributed by atoms with Gasteiger partial charge in [-0.3, -0.25) is 10.1 Å². The topological polar surface area (TPSA) is 83.7 Å². The number of nitrogens with zero attached hydrogens (tertiary/aromatic N) is 2. The third-order valence-corrected chi connectivity index (χ3v) is 3.85. The average molecular weight is 278 g/mol. The highest BCUT2D eigenvalue weighted by Crippen LogP contribution is 2.34. The lowest BCUT2D eigenvalue weighted by Gasteiger charge is -2.38. The van der Waals surface area contributed by atoms with Crippen molar-refractivity contribution in [1.82, 2.24) is 0 Å². The van der Waals surface area contributed by atoms with Gasteiger partial charge in [0.2, 0.25) is 0 Å². The Kier molecular flexibility index (Phi) is 3.92. The van der Waals surface area contributed by atoms with Gasteiger partial charge in [-0.25, -0.2) is 4.79 Å². The maximum absolute atomic E-state index is 11.2. The summed E-state index contributed by atoms with van der Waals surface area (Å²) < 4.78 is 0. The van der Waals surface area contributed by atoms with Gasteiger partial charge in [0.05, 0.1) is 10.5 Å². The van der Waals surface area contributed by atoms with Crippen LogP contribution in [0.25, 0.3) is 0 Å². The molecule has 1 fully saturated rings. The molecule has 1 heterocycles. The quantitative estimate of drug-likeness (QED) is 0.679. The molecule has 0 aromatic heterocycles. The Hall–Kier alpha value is -2.11. The predicted molar refractivity (Wildman–Crippen MR) is 75.3 cm³/mol. The molecule has 1 saturated heterocycles. The molecule has 1 N–H and O–H groups in total. The first-order valence-electron chi connectivity index (χ1n) is 6.68. The highest BCUT2D eigenvalue weighted by Gasteiger charge is 2.28. The number of benzene rings is 1. The van der Waals surface area contributed by atoms with Crippen LogP contribution in [-0.2, 0) is 0 Å². The maximum Gasteiger partial charge on any atom is 0.335 e. The molecule has 0 aliphatic carbocycles. The summed E-state index contributed by atoms with van der Waals surface area (Å²) in [4.78, 5) is 23.7. The minimum atomic E-state index is -1.15. The van der Waals surface area contributed by atoms with E-state index in [1.54, 1.807) is 6.07 Å². The van der Waals surface area contributed by atoms with E-state index in [1.165, 1.54) is 6.07 Å². The highest BCUT2D eigenvalue weighted by molar-refractivity contribution is 5.89. The van der Waals surface area contributed by atoms with Gasteiger partial charge in [0, 0.05) is 18.7 Å². The Balaban J connectivity index is 2.44. The van der Waals surface area contributed by atoms with Crippen molar-refractivity contribution >= 4 is 17.3 Å². The van der Waals surface area contributed by atoms with Gasteiger partial charge in [-0.2, -0.15) is 0 Å². The fourth-order valence-electron chi connectivity index (χ4n) is 2.67. The molecular formula is C14H18N2O4. The molecule has 1 aromatic carbocycles. The number of piperidine rings is 1. The van der Waals surface area contributed by atoms with E-state index >= 15 is 0 Å². The Morgan fingerprint density at radius 3 is 2.70 bits per heavy atom. The van der Waals surface area contributed by atoms with E-state index in [2.05, 4.69) is 6.92 Å². The van der Waals surface area contributed by atoms with Gasteiger partial charge in [0.25, 0.3) is 5.69 Å². The number of hydrogen-bond donors (Lipinski definition) is 1. The predicted octanol–water partition coefficient (Wildman–Crippen LogP) is 2.92. The molecule has 2 atom stereocenters. The number of nitro benzene ring substituents is 1. The monoisotopic (exact) mass is 278 g/mol. The molecule has 0 spiro atoms. The van der Waals surface area contributed by atoms with E-state index in [0.29, 0.717) is 11.6 Å². The molecule has 1 aliphatic rings. The molecule has 20 heavy (non-hydrogen) atoms. The highest BCUT2D eigenvalue weighted by atomic mass is 16.6. The first kappa shape index (κ1) is 14.3. The summed E-state index contributed by atoms with van der Waals surface area (Å²) in [6.07, 6.45) is 2.09. The van der Waals surface area contributed by atoms with Crippen molar-refractivity contribution in [2.24, 2.45) is 5.92 Å². The van der Waals surface area contributed by atoms with Crippen molar-refractivity contribution in [3.8, 4) is 0 Å². The standard InChI is InChI=1S/C14H18N2O4/c1-9-3-4-10(2)15(8-9)12-6-5-11(14(17)18)7-13(12)16(19)20/h5-7,9-10H,3-4,8H2,1-2H3,(H,17,18). The number of carboxylic acid groups (broad SMARTS) is 1. The van der Waals surface area contributed by atoms with Crippen LogP contribution in [0.5, 0.6) is 0 Å². The Morgan fingerprint density at radius 2 is 2.10 bits per heavy atom. The lowest BCUT2D eigenvalue weighted by Crippen LogP contribution is -2.41. The number of nitro groups is 1. The molecule has 1 aromatic rings. The van der Waals surface area contributed by atoms with Gasteiger partial charge in [-0.1, -0.05) is 6.92 Å². The molecule has 2 rings (SSSR count). The molecule has 6 heteroatoms. The molecule has 108 valence electrons. The summed E-state index contributed by atoms with van der Waals surface area (Å²) >= 11 is 0. The van der Waals surface area contributed by atoms with E-state index in [1.807, 2.05) is 11.8 Å². The lowest BCUT2D eigenvalue weighted by atomic mass is 9.94. The van der Waals surface area contributed by atoms with Gasteiger partial charge in [-0.05, 0) is 37.8 Å². The van der Waals surface area contributed by atoms with Gasteiger partial charge < -0.3 is 10.0 Å². The number of carbonyl (C=O) groups is 1. The van der Waals surface area contributed by atoms with Crippen molar-refractivity contribution in [2.75, 3.05) is 11.4 Å². The van der Waals surface area contributed by atoms with Crippen molar-refractivity contribution in [3.63, 3.8) is 0 Å². The number of hydrogen-bond acceptors (Lipinski definition) is 4. The lowest BCUT2D eigenvalue weighted by molar-refractivity contribution is -0.384. The van der Waals surface area contributed by atoms with Crippen LogP contribution in [-0.4, -0.2) is 28.6 Å². The SMILES string of the molecule is CC1CCC(C)N(c2ccc(C(=O)O)cc2[N+](=O)[O-])C1. The number of aromatic carboxylic acids is 1. The Bertz CT molecular complexity index is 544. The first-order valence-corrected chi connectivity index (χ1v) is 6.68. The largest absolute Gasteiger partial charge is 0.478 e. The smallest absolute Gasteiger partial charge is 0.335 e. The number of carboxylic acids is 1. The summed E-state index contributed by atoms with van der Waals surface area (Å²) in [5.74, 6) is -0.676. The fourth-order valence-corrected chi connectivity index (χ4v) is 2.67. The molecule has 0 amide bonds. The molecule has 6 nitrogen and oxygen atoms in total. The van der Waals surface area contributed by atoms with Crippen LogP contribution in [0.1, 0.15) is 37.0 Å². The second-order valence-electron chi connectivity index (χ2n) is 5.45. The number of anilines is 1. The van der Waals surface area contributed by atoms with Crippen LogP contribution in [0.3, 0.4) is 0 Å². The van der Waals surface area contributed by atoms with Crippen molar-refractivity contribution in [1.29, 1.82) is 0 Å². The van der Waals surface area contributed by atoms with E-state index in [9.17, 15) is 14.9 Å². The van der Waals surface area contributed by atoms with E-state index in [0.717, 1.165) is 25.5 Å². The zero-order valence-electron chi connectivity index (χ0n) is 11.6. The first-order chi connectivity index (χ1) is 9.40. The molecule has 2 unspecified atom stereocenters. The fraction of sp³-hybridized carbons (Fsp3) is 0.500. The van der Waals surface area contributed by atoms with E-state index < -0.39 is 10.9 Å². The van der Waals surface area contributed by atoms with E-state index in [-0.39, 0.29) is 17.3 Å². The second kappa shape index (κ2) is 5.48. The molecule has 1 aliphatic heterocycles. The molecular weight excluding hydrogens is 260 g/mol. The normalized spacial score (nSPS) is 22.6. The Labute approximate surface area is 117 Å². The van der Waals surface area contributed by atoms with Crippen molar-refractivity contribution < 1.29 is 14.8 Å². The second-order valence-corrected chi connectivity index (χ2v) is 5.45. The van der Waals surface area contributed by atoms with Gasteiger partial charge >= 0.3 is 5.97 Å². The minimum Gasteiger partial charge on any atom is -0.478 e. The average Bonchev–Trinajstić information content (AvgIpc) is 2.40. The zero-order valence-corrected chi connectivity index (χ0v) is 11.6. The summed E-state index contributed by atoms with van der Waals surface area (Å²) in [5, 5.41) is 20.2. The van der Waals surface area contributed by atoms with Gasteiger partial charge in [0.15, 0.2) is 0 Å². The van der Waals surface area contributed by atoms with Crippen LogP contribution in [0.4, 0.5) is 11.4 Å². The summed E-state index contributed by atoms with van der Waals surface area (Å²) in [6.45, 7) is 4.92. The van der Waals surface area contributed by atoms with Crippen LogP contribution < -0.4 is 4.90 Å². The van der Waals surface area contributed by atoms with E-state index in [4.69, 9.17) is 5.11 Å². The summed E-state index contributed by atoms with van der Waals surface area (Å²) in [6, 6.07) is 4.34. The van der Waals surface area contributed by atoms with Gasteiger partial charge in [0.1, 0.15) is 5.69 Å². The van der Waals surface area contributed by atoms with Crippen LogP contribution >= 0.6 is 0 Å². The summed E-state index contributed by atoms with van der Waals surface area (Å²) in [5.41, 5.74) is 0.322. The third-order valence-electron chi connectivity index (χ3n) is 3.85. The van der Waals surface area contributed by atoms with Crippen molar-refractivity contribution in [3.05, 3.63) is 33.9 Å². The molecule has 0 saturated carbocycles. The Morgan fingerprint density at radius 1 is 1.40 bits per heavy atom. The van der Waals surface area contributed by atoms with Crippen LogP contribution in [0.15, 0.2) is 18.2 Å². The molecule has 0 bridgehead atoms.